The Hall–Kier alpha value is -0.0400. The number of fused-ring (bicyclic) bond motifs is 1. The van der Waals surface area contributed by atoms with E-state index in [9.17, 15) is 0 Å². The summed E-state index contributed by atoms with van der Waals surface area (Å²) in [6.07, 6.45) is 7.41. The van der Waals surface area contributed by atoms with E-state index in [1.165, 1.54) is 38.6 Å². The first kappa shape index (κ1) is 7.60. The molecule has 1 aliphatic carbocycles. The van der Waals surface area contributed by atoms with Gasteiger partial charge in [0.25, 0.3) is 0 Å². The van der Waals surface area contributed by atoms with E-state index in [0.29, 0.717) is 0 Å². The summed E-state index contributed by atoms with van der Waals surface area (Å²) in [6, 6.07) is 0.786. The van der Waals surface area contributed by atoms with Crippen molar-refractivity contribution in [3.8, 4) is 0 Å². The average molecular weight is 153 g/mol. The van der Waals surface area contributed by atoms with Gasteiger partial charge in [-0.25, -0.2) is 0 Å². The van der Waals surface area contributed by atoms with E-state index in [0.717, 1.165) is 17.9 Å². The van der Waals surface area contributed by atoms with Gasteiger partial charge in [0.2, 0.25) is 0 Å². The van der Waals surface area contributed by atoms with Crippen LogP contribution < -0.4 is 5.32 Å². The highest BCUT2D eigenvalue weighted by Crippen LogP contribution is 2.34. The lowest BCUT2D eigenvalue weighted by atomic mass is 9.74. The van der Waals surface area contributed by atoms with Crippen LogP contribution in [-0.2, 0) is 0 Å². The maximum absolute atomic E-state index is 3.58. The lowest BCUT2D eigenvalue weighted by Crippen LogP contribution is -2.43. The maximum Gasteiger partial charge on any atom is 0.00415 e. The molecule has 0 aromatic rings. The number of hydrogen-bond acceptors (Lipinski definition) is 1. The molecule has 2 rings (SSSR count). The number of piperidine rings is 1. The minimum absolute atomic E-state index is 0.786. The summed E-state index contributed by atoms with van der Waals surface area (Å²) in [5, 5.41) is 3.58. The Kier molecular flexibility index (Phi) is 2.17. The second-order valence-corrected chi connectivity index (χ2v) is 4.35. The highest BCUT2D eigenvalue weighted by molar-refractivity contribution is 4.84. The molecule has 11 heavy (non-hydrogen) atoms. The zero-order valence-corrected chi connectivity index (χ0v) is 7.47. The van der Waals surface area contributed by atoms with E-state index in [4.69, 9.17) is 0 Å². The molecule has 1 aliphatic heterocycles. The third-order valence-electron chi connectivity index (χ3n) is 3.45. The van der Waals surface area contributed by atoms with Crippen molar-refractivity contribution in [2.45, 2.75) is 45.1 Å². The quantitative estimate of drug-likeness (QED) is 0.562. The molecule has 1 saturated carbocycles. The molecule has 1 heteroatoms. The lowest BCUT2D eigenvalue weighted by molar-refractivity contribution is 0.159. The first-order chi connectivity index (χ1) is 5.36. The molecule has 2 unspecified atom stereocenters. The Balaban J connectivity index is 1.93. The van der Waals surface area contributed by atoms with Crippen LogP contribution in [0.25, 0.3) is 0 Å². The highest BCUT2D eigenvalue weighted by Gasteiger charge is 2.29. The fourth-order valence-corrected chi connectivity index (χ4v) is 2.75. The summed E-state index contributed by atoms with van der Waals surface area (Å²) < 4.78 is 0. The minimum atomic E-state index is 0.786. The van der Waals surface area contributed by atoms with Crippen LogP contribution in [-0.4, -0.2) is 12.6 Å². The van der Waals surface area contributed by atoms with Crippen LogP contribution in [0.5, 0.6) is 0 Å². The number of nitrogens with one attached hydrogen (secondary N) is 1. The number of rotatable bonds is 0. The average Bonchev–Trinajstić information content (AvgIpc) is 2.04. The molecule has 3 atom stereocenters. The van der Waals surface area contributed by atoms with Gasteiger partial charge in [0.1, 0.15) is 0 Å². The van der Waals surface area contributed by atoms with Gasteiger partial charge in [-0.1, -0.05) is 19.3 Å². The van der Waals surface area contributed by atoms with Crippen LogP contribution in [0.15, 0.2) is 0 Å². The monoisotopic (exact) mass is 153 g/mol. The van der Waals surface area contributed by atoms with Crippen LogP contribution in [0.1, 0.15) is 39.0 Å². The molecule has 0 bridgehead atoms. The third kappa shape index (κ3) is 1.58. The molecule has 0 amide bonds. The minimum Gasteiger partial charge on any atom is -0.314 e. The van der Waals surface area contributed by atoms with Gasteiger partial charge in [-0.05, 0) is 38.1 Å². The van der Waals surface area contributed by atoms with Crippen molar-refractivity contribution in [2.24, 2.45) is 11.8 Å². The van der Waals surface area contributed by atoms with Gasteiger partial charge in [-0.2, -0.15) is 0 Å². The van der Waals surface area contributed by atoms with Crippen LogP contribution in [0, 0.1) is 11.8 Å². The van der Waals surface area contributed by atoms with Crippen molar-refractivity contribution in [2.75, 3.05) is 6.54 Å². The van der Waals surface area contributed by atoms with Gasteiger partial charge >= 0.3 is 0 Å². The Morgan fingerprint density at radius 3 is 2.64 bits per heavy atom. The molecule has 0 aromatic heterocycles. The molecule has 0 radical (unpaired) electrons. The van der Waals surface area contributed by atoms with Gasteiger partial charge in [-0.15, -0.1) is 0 Å². The summed E-state index contributed by atoms with van der Waals surface area (Å²) in [6.45, 7) is 3.62. The molecule has 2 aliphatic rings. The van der Waals surface area contributed by atoms with Crippen molar-refractivity contribution in [1.82, 2.24) is 5.32 Å². The van der Waals surface area contributed by atoms with E-state index >= 15 is 0 Å². The van der Waals surface area contributed by atoms with Crippen LogP contribution in [0.2, 0.25) is 0 Å². The van der Waals surface area contributed by atoms with Crippen molar-refractivity contribution in [3.63, 3.8) is 0 Å². The smallest absolute Gasteiger partial charge is 0.00415 e. The van der Waals surface area contributed by atoms with E-state index in [2.05, 4.69) is 12.2 Å². The van der Waals surface area contributed by atoms with Gasteiger partial charge in [0.15, 0.2) is 0 Å². The van der Waals surface area contributed by atoms with Crippen LogP contribution in [0.4, 0.5) is 0 Å². The third-order valence-corrected chi connectivity index (χ3v) is 3.45. The van der Waals surface area contributed by atoms with E-state index in [1.807, 2.05) is 0 Å². The topological polar surface area (TPSA) is 12.0 Å². The van der Waals surface area contributed by atoms with Gasteiger partial charge in [0.05, 0.1) is 0 Å². The highest BCUT2D eigenvalue weighted by atomic mass is 14.9. The van der Waals surface area contributed by atoms with Crippen molar-refractivity contribution < 1.29 is 0 Å². The maximum atomic E-state index is 3.58. The fourth-order valence-electron chi connectivity index (χ4n) is 2.75. The summed E-state index contributed by atoms with van der Waals surface area (Å²) in [4.78, 5) is 0. The molecular formula is C10H19N. The Morgan fingerprint density at radius 2 is 1.82 bits per heavy atom. The van der Waals surface area contributed by atoms with Crippen LogP contribution in [0.3, 0.4) is 0 Å². The predicted molar refractivity (Wildman–Crippen MR) is 47.5 cm³/mol. The summed E-state index contributed by atoms with van der Waals surface area (Å²) in [7, 11) is 0. The van der Waals surface area contributed by atoms with Crippen molar-refractivity contribution in [3.05, 3.63) is 0 Å². The summed E-state index contributed by atoms with van der Waals surface area (Å²) in [5.74, 6) is 2.10. The molecule has 1 nitrogen and oxygen atoms in total. The fraction of sp³-hybridized carbons (Fsp3) is 1.00. The Labute approximate surface area is 69.6 Å². The van der Waals surface area contributed by atoms with E-state index < -0.39 is 0 Å². The van der Waals surface area contributed by atoms with Gasteiger partial charge < -0.3 is 5.32 Å². The van der Waals surface area contributed by atoms with Crippen molar-refractivity contribution in [1.29, 1.82) is 0 Å². The predicted octanol–water partition coefficient (Wildman–Crippen LogP) is 2.17. The molecule has 0 aromatic carbocycles. The molecule has 1 N–H and O–H groups in total. The second kappa shape index (κ2) is 3.14. The van der Waals surface area contributed by atoms with Gasteiger partial charge in [-0.3, -0.25) is 0 Å². The standard InChI is InChI=1S/C10H19N/c1-8-6-9-4-2-3-5-10(9)7-11-8/h8-11H,2-7H2,1H3/t8-,9?,10?/m0/s1. The zero-order valence-electron chi connectivity index (χ0n) is 7.47. The zero-order chi connectivity index (χ0) is 7.68. The van der Waals surface area contributed by atoms with Crippen molar-refractivity contribution >= 4 is 0 Å². The normalized spacial score (nSPS) is 45.0. The lowest BCUT2D eigenvalue weighted by Gasteiger charge is -2.38. The molecule has 0 spiro atoms. The Morgan fingerprint density at radius 1 is 1.09 bits per heavy atom. The summed E-state index contributed by atoms with van der Waals surface area (Å²) in [5.41, 5.74) is 0. The molecule has 2 fully saturated rings. The molecule has 1 heterocycles. The second-order valence-electron chi connectivity index (χ2n) is 4.35. The first-order valence-corrected chi connectivity index (χ1v) is 5.09. The molecular weight excluding hydrogens is 134 g/mol. The largest absolute Gasteiger partial charge is 0.314 e. The summed E-state index contributed by atoms with van der Waals surface area (Å²) >= 11 is 0. The first-order valence-electron chi connectivity index (χ1n) is 5.09. The van der Waals surface area contributed by atoms with E-state index in [-0.39, 0.29) is 0 Å². The van der Waals surface area contributed by atoms with Gasteiger partial charge in [0, 0.05) is 6.04 Å². The SMILES string of the molecule is C[C@H]1CC2CCCCC2CN1. The Bertz CT molecular complexity index is 133. The molecule has 1 saturated heterocycles. The van der Waals surface area contributed by atoms with Crippen LogP contribution >= 0.6 is 0 Å². The molecule has 64 valence electrons. The number of hydrogen-bond donors (Lipinski definition) is 1. The van der Waals surface area contributed by atoms with E-state index in [1.54, 1.807) is 0 Å².